The highest BCUT2D eigenvalue weighted by Gasteiger charge is 2.05. The smallest absolute Gasteiger partial charge is 0.0676 e. The minimum atomic E-state index is 0.878. The van der Waals surface area contributed by atoms with Gasteiger partial charge in [0.05, 0.1) is 6.67 Å². The second kappa shape index (κ2) is 4.47. The van der Waals surface area contributed by atoms with E-state index in [-0.39, 0.29) is 0 Å². The molecule has 1 N–H and O–H groups in total. The SMILES string of the molecule is CNCN(C)c1cc(C)c(C)cc1C. The van der Waals surface area contributed by atoms with E-state index in [0.29, 0.717) is 0 Å². The van der Waals surface area contributed by atoms with Crippen LogP contribution in [0.5, 0.6) is 0 Å². The van der Waals surface area contributed by atoms with Crippen molar-refractivity contribution in [2.45, 2.75) is 20.8 Å². The maximum atomic E-state index is 3.15. The molecule has 1 rings (SSSR count). The molecule has 0 spiro atoms. The zero-order valence-electron chi connectivity index (χ0n) is 9.81. The zero-order chi connectivity index (χ0) is 10.7. The fourth-order valence-electron chi connectivity index (χ4n) is 1.68. The molecule has 0 atom stereocenters. The standard InChI is InChI=1S/C12H20N2/c1-9-6-11(3)12(7-10(9)2)14(5)8-13-4/h6-7,13H,8H2,1-5H3. The molecule has 2 nitrogen and oxygen atoms in total. The molecule has 0 aromatic heterocycles. The summed E-state index contributed by atoms with van der Waals surface area (Å²) >= 11 is 0. The Morgan fingerprint density at radius 3 is 2.21 bits per heavy atom. The Bertz CT molecular complexity index is 318. The topological polar surface area (TPSA) is 15.3 Å². The molecule has 1 aromatic carbocycles. The predicted octanol–water partition coefficient (Wildman–Crippen LogP) is 2.22. The van der Waals surface area contributed by atoms with Gasteiger partial charge in [0.2, 0.25) is 0 Å². The first-order valence-corrected chi connectivity index (χ1v) is 5.00. The van der Waals surface area contributed by atoms with Gasteiger partial charge in [-0.3, -0.25) is 0 Å². The van der Waals surface area contributed by atoms with Crippen LogP contribution in [0.4, 0.5) is 5.69 Å². The average Bonchev–Trinajstić information content (AvgIpc) is 2.11. The number of nitrogens with one attached hydrogen (secondary N) is 1. The van der Waals surface area contributed by atoms with E-state index in [9.17, 15) is 0 Å². The van der Waals surface area contributed by atoms with Crippen LogP contribution in [-0.2, 0) is 0 Å². The first-order valence-electron chi connectivity index (χ1n) is 5.00. The summed E-state index contributed by atoms with van der Waals surface area (Å²) < 4.78 is 0. The largest absolute Gasteiger partial charge is 0.362 e. The van der Waals surface area contributed by atoms with Crippen LogP contribution in [0, 0.1) is 20.8 Å². The summed E-state index contributed by atoms with van der Waals surface area (Å²) in [5.41, 5.74) is 5.37. The number of aryl methyl sites for hydroxylation is 3. The predicted molar refractivity (Wildman–Crippen MR) is 63.0 cm³/mol. The number of anilines is 1. The van der Waals surface area contributed by atoms with Gasteiger partial charge in [-0.1, -0.05) is 6.07 Å². The van der Waals surface area contributed by atoms with Crippen LogP contribution in [0.15, 0.2) is 12.1 Å². The van der Waals surface area contributed by atoms with Crippen LogP contribution in [0.3, 0.4) is 0 Å². The van der Waals surface area contributed by atoms with Crippen LogP contribution >= 0.6 is 0 Å². The van der Waals surface area contributed by atoms with E-state index in [1.54, 1.807) is 0 Å². The summed E-state index contributed by atoms with van der Waals surface area (Å²) in [6, 6.07) is 4.50. The lowest BCUT2D eigenvalue weighted by Crippen LogP contribution is -2.28. The lowest BCUT2D eigenvalue weighted by Gasteiger charge is -2.22. The van der Waals surface area contributed by atoms with Crippen LogP contribution in [0.2, 0.25) is 0 Å². The third-order valence-electron chi connectivity index (χ3n) is 2.62. The van der Waals surface area contributed by atoms with E-state index in [0.717, 1.165) is 6.67 Å². The van der Waals surface area contributed by atoms with E-state index in [1.807, 2.05) is 7.05 Å². The van der Waals surface area contributed by atoms with Gasteiger partial charge in [-0.2, -0.15) is 0 Å². The second-order valence-electron chi connectivity index (χ2n) is 3.93. The van der Waals surface area contributed by atoms with Crippen molar-refractivity contribution in [3.63, 3.8) is 0 Å². The third-order valence-corrected chi connectivity index (χ3v) is 2.62. The molecule has 2 heteroatoms. The molecule has 0 saturated carbocycles. The van der Waals surface area contributed by atoms with Gasteiger partial charge in [-0.25, -0.2) is 0 Å². The van der Waals surface area contributed by atoms with E-state index in [1.165, 1.54) is 22.4 Å². The van der Waals surface area contributed by atoms with Crippen molar-refractivity contribution < 1.29 is 0 Å². The third kappa shape index (κ3) is 2.26. The summed E-state index contributed by atoms with van der Waals surface area (Å²) in [4.78, 5) is 2.22. The second-order valence-corrected chi connectivity index (χ2v) is 3.93. The first-order chi connectivity index (χ1) is 6.56. The van der Waals surface area contributed by atoms with Gasteiger partial charge in [0.15, 0.2) is 0 Å². The number of rotatable bonds is 3. The molecule has 0 amide bonds. The van der Waals surface area contributed by atoms with Crippen molar-refractivity contribution in [3.05, 3.63) is 28.8 Å². The Balaban J connectivity index is 3.02. The molecule has 0 aliphatic carbocycles. The Kier molecular flexibility index (Phi) is 3.53. The highest BCUT2D eigenvalue weighted by molar-refractivity contribution is 5.56. The van der Waals surface area contributed by atoms with Crippen LogP contribution in [0.1, 0.15) is 16.7 Å². The zero-order valence-corrected chi connectivity index (χ0v) is 9.81. The Morgan fingerprint density at radius 2 is 1.64 bits per heavy atom. The molecule has 0 fully saturated rings. The number of nitrogens with zero attached hydrogens (tertiary/aromatic N) is 1. The highest BCUT2D eigenvalue weighted by atomic mass is 15.2. The van der Waals surface area contributed by atoms with Crippen molar-refractivity contribution in [2.75, 3.05) is 25.7 Å². The van der Waals surface area contributed by atoms with Gasteiger partial charge in [0.1, 0.15) is 0 Å². The fraction of sp³-hybridized carbons (Fsp3) is 0.500. The summed E-state index contributed by atoms with van der Waals surface area (Å²) in [5.74, 6) is 0. The van der Waals surface area contributed by atoms with Crippen molar-refractivity contribution in [1.29, 1.82) is 0 Å². The van der Waals surface area contributed by atoms with Crippen molar-refractivity contribution in [2.24, 2.45) is 0 Å². The van der Waals surface area contributed by atoms with E-state index < -0.39 is 0 Å². The van der Waals surface area contributed by atoms with E-state index in [4.69, 9.17) is 0 Å². The number of benzene rings is 1. The normalized spacial score (nSPS) is 10.4. The maximum Gasteiger partial charge on any atom is 0.0676 e. The molecule has 78 valence electrons. The minimum absolute atomic E-state index is 0.878. The molecule has 0 saturated heterocycles. The van der Waals surface area contributed by atoms with Gasteiger partial charge >= 0.3 is 0 Å². The molecule has 0 bridgehead atoms. The lowest BCUT2D eigenvalue weighted by atomic mass is 10.0. The Hall–Kier alpha value is -1.02. The summed E-state index contributed by atoms with van der Waals surface area (Å²) in [6.45, 7) is 7.35. The molecular formula is C12H20N2. The number of hydrogen-bond acceptors (Lipinski definition) is 2. The molecule has 0 aliphatic rings. The van der Waals surface area contributed by atoms with Crippen molar-refractivity contribution in [1.82, 2.24) is 5.32 Å². The summed E-state index contributed by atoms with van der Waals surface area (Å²) in [5, 5.41) is 3.15. The van der Waals surface area contributed by atoms with Crippen molar-refractivity contribution in [3.8, 4) is 0 Å². The van der Waals surface area contributed by atoms with Crippen LogP contribution < -0.4 is 10.2 Å². The summed E-state index contributed by atoms with van der Waals surface area (Å²) in [6.07, 6.45) is 0. The molecule has 0 unspecified atom stereocenters. The monoisotopic (exact) mass is 192 g/mol. The minimum Gasteiger partial charge on any atom is -0.362 e. The Morgan fingerprint density at radius 1 is 1.07 bits per heavy atom. The maximum absolute atomic E-state index is 3.15. The van der Waals surface area contributed by atoms with E-state index in [2.05, 4.69) is 50.2 Å². The molecule has 14 heavy (non-hydrogen) atoms. The summed E-state index contributed by atoms with van der Waals surface area (Å²) in [7, 11) is 4.07. The van der Waals surface area contributed by atoms with E-state index >= 15 is 0 Å². The first kappa shape index (κ1) is 11.1. The molecular weight excluding hydrogens is 172 g/mol. The average molecular weight is 192 g/mol. The Labute approximate surface area is 86.9 Å². The molecule has 0 heterocycles. The van der Waals surface area contributed by atoms with Gasteiger partial charge < -0.3 is 10.2 Å². The highest BCUT2D eigenvalue weighted by Crippen LogP contribution is 2.22. The molecule has 0 radical (unpaired) electrons. The molecule has 0 aliphatic heterocycles. The van der Waals surface area contributed by atoms with Crippen molar-refractivity contribution >= 4 is 5.69 Å². The van der Waals surface area contributed by atoms with Crippen LogP contribution in [0.25, 0.3) is 0 Å². The van der Waals surface area contributed by atoms with Gasteiger partial charge in [-0.05, 0) is 50.6 Å². The van der Waals surface area contributed by atoms with Gasteiger partial charge in [0, 0.05) is 12.7 Å². The van der Waals surface area contributed by atoms with Crippen LogP contribution in [-0.4, -0.2) is 20.8 Å². The molecule has 1 aromatic rings. The quantitative estimate of drug-likeness (QED) is 0.739. The lowest BCUT2D eigenvalue weighted by molar-refractivity contribution is 0.774. The van der Waals surface area contributed by atoms with Gasteiger partial charge in [-0.15, -0.1) is 0 Å². The van der Waals surface area contributed by atoms with Gasteiger partial charge in [0.25, 0.3) is 0 Å². The fourth-order valence-corrected chi connectivity index (χ4v) is 1.68. The number of hydrogen-bond donors (Lipinski definition) is 1.